The molecule has 1 aliphatic carbocycles. The van der Waals surface area contributed by atoms with Gasteiger partial charge < -0.3 is 10.4 Å². The molecule has 6 nitrogen and oxygen atoms in total. The summed E-state index contributed by atoms with van der Waals surface area (Å²) in [6, 6.07) is 7.23. The summed E-state index contributed by atoms with van der Waals surface area (Å²) in [6.07, 6.45) is 3.94. The fourth-order valence-corrected chi connectivity index (χ4v) is 3.21. The Morgan fingerprint density at radius 2 is 2.08 bits per heavy atom. The van der Waals surface area contributed by atoms with Gasteiger partial charge in [0.1, 0.15) is 0 Å². The summed E-state index contributed by atoms with van der Waals surface area (Å²) >= 11 is 6.17. The fraction of sp³-hybridized carbons (Fsp3) is 0.353. The zero-order chi connectivity index (χ0) is 17.3. The second-order valence-corrected chi connectivity index (χ2v) is 6.62. The first-order valence-corrected chi connectivity index (χ1v) is 8.13. The minimum Gasteiger partial charge on any atom is -0.481 e. The number of halogens is 1. The Morgan fingerprint density at radius 1 is 1.38 bits per heavy atom. The second kappa shape index (κ2) is 6.28. The van der Waals surface area contributed by atoms with Crippen molar-refractivity contribution in [1.82, 2.24) is 15.1 Å². The van der Waals surface area contributed by atoms with E-state index in [4.69, 9.17) is 16.7 Å². The van der Waals surface area contributed by atoms with Gasteiger partial charge in [-0.25, -0.2) is 4.68 Å². The molecule has 7 heteroatoms. The van der Waals surface area contributed by atoms with Gasteiger partial charge in [-0.05, 0) is 38.3 Å². The normalized spacial score (nSPS) is 15.6. The number of carboxylic acids is 1. The maximum absolute atomic E-state index is 12.6. The Kier molecular flexibility index (Phi) is 4.32. The molecule has 126 valence electrons. The average molecular weight is 348 g/mol. The molecule has 0 radical (unpaired) electrons. The number of amides is 1. The van der Waals surface area contributed by atoms with Gasteiger partial charge in [-0.3, -0.25) is 9.59 Å². The lowest BCUT2D eigenvalue weighted by Gasteiger charge is -2.41. The van der Waals surface area contributed by atoms with Gasteiger partial charge in [0.25, 0.3) is 5.91 Å². The minimum atomic E-state index is -0.909. The van der Waals surface area contributed by atoms with Gasteiger partial charge in [-0.2, -0.15) is 5.10 Å². The maximum Gasteiger partial charge on any atom is 0.305 e. The van der Waals surface area contributed by atoms with E-state index < -0.39 is 11.5 Å². The molecule has 1 fully saturated rings. The molecule has 0 unspecified atom stereocenters. The van der Waals surface area contributed by atoms with Crippen LogP contribution in [0.15, 0.2) is 30.5 Å². The third-order valence-electron chi connectivity index (χ3n) is 4.39. The Balaban J connectivity index is 1.84. The first-order valence-electron chi connectivity index (χ1n) is 7.76. The van der Waals surface area contributed by atoms with E-state index in [-0.39, 0.29) is 18.0 Å². The van der Waals surface area contributed by atoms with Crippen LogP contribution >= 0.6 is 11.6 Å². The van der Waals surface area contributed by atoms with Crippen LogP contribution in [-0.2, 0) is 4.79 Å². The number of aromatic nitrogens is 2. The molecule has 3 rings (SSSR count). The van der Waals surface area contributed by atoms with E-state index in [0.29, 0.717) is 29.1 Å². The number of nitrogens with one attached hydrogen (secondary N) is 1. The highest BCUT2D eigenvalue weighted by Crippen LogP contribution is 2.35. The summed E-state index contributed by atoms with van der Waals surface area (Å²) < 4.78 is 1.57. The van der Waals surface area contributed by atoms with Gasteiger partial charge in [-0.15, -0.1) is 0 Å². The smallest absolute Gasteiger partial charge is 0.305 e. The molecule has 0 saturated heterocycles. The first kappa shape index (κ1) is 16.5. The van der Waals surface area contributed by atoms with Crippen molar-refractivity contribution in [3.05, 3.63) is 46.7 Å². The summed E-state index contributed by atoms with van der Waals surface area (Å²) in [6.45, 7) is 1.79. The molecule has 0 bridgehead atoms. The van der Waals surface area contributed by atoms with Crippen LogP contribution in [0.3, 0.4) is 0 Å². The molecule has 24 heavy (non-hydrogen) atoms. The number of rotatable bonds is 5. The summed E-state index contributed by atoms with van der Waals surface area (Å²) in [5.41, 5.74) is 1.03. The lowest BCUT2D eigenvalue weighted by Crippen LogP contribution is -2.54. The van der Waals surface area contributed by atoms with Crippen molar-refractivity contribution in [2.24, 2.45) is 0 Å². The Labute approximate surface area is 144 Å². The van der Waals surface area contributed by atoms with E-state index in [1.54, 1.807) is 23.9 Å². The zero-order valence-corrected chi connectivity index (χ0v) is 14.0. The van der Waals surface area contributed by atoms with Gasteiger partial charge >= 0.3 is 5.97 Å². The summed E-state index contributed by atoms with van der Waals surface area (Å²) in [5.74, 6) is -1.26. The van der Waals surface area contributed by atoms with Gasteiger partial charge in [0.05, 0.1) is 22.7 Å². The predicted molar refractivity (Wildman–Crippen MR) is 89.6 cm³/mol. The van der Waals surface area contributed by atoms with Crippen molar-refractivity contribution in [2.45, 2.75) is 38.1 Å². The third-order valence-corrected chi connectivity index (χ3v) is 4.71. The van der Waals surface area contributed by atoms with Crippen LogP contribution in [0.5, 0.6) is 0 Å². The number of benzene rings is 1. The Hall–Kier alpha value is -2.34. The molecule has 1 aliphatic rings. The van der Waals surface area contributed by atoms with Gasteiger partial charge in [0.2, 0.25) is 0 Å². The monoisotopic (exact) mass is 347 g/mol. The number of aliphatic carboxylic acids is 1. The number of hydrogen-bond donors (Lipinski definition) is 2. The number of para-hydroxylation sites is 1. The van der Waals surface area contributed by atoms with E-state index in [9.17, 15) is 9.59 Å². The maximum atomic E-state index is 12.6. The summed E-state index contributed by atoms with van der Waals surface area (Å²) in [4.78, 5) is 23.6. The number of aryl methyl sites for hydroxylation is 1. The average Bonchev–Trinajstić information content (AvgIpc) is 2.86. The van der Waals surface area contributed by atoms with E-state index in [0.717, 1.165) is 6.42 Å². The quantitative estimate of drug-likeness (QED) is 0.870. The highest BCUT2D eigenvalue weighted by atomic mass is 35.5. The van der Waals surface area contributed by atoms with Gasteiger partial charge in [-0.1, -0.05) is 23.7 Å². The molecule has 1 amide bonds. The first-order chi connectivity index (χ1) is 11.4. The van der Waals surface area contributed by atoms with E-state index in [1.807, 2.05) is 18.2 Å². The molecular formula is C17H18ClN3O3. The van der Waals surface area contributed by atoms with Crippen molar-refractivity contribution in [3.8, 4) is 5.69 Å². The van der Waals surface area contributed by atoms with Crippen molar-refractivity contribution >= 4 is 23.5 Å². The molecule has 0 atom stereocenters. The molecule has 1 aromatic heterocycles. The van der Waals surface area contributed by atoms with Crippen LogP contribution in [0.1, 0.15) is 41.7 Å². The number of carboxylic acid groups (broad SMARTS) is 1. The standard InChI is InChI=1S/C17H18ClN3O3/c1-11-10-21(13-6-3-2-5-12(13)18)20-15(11)16(24)19-17(7-4-8-17)9-14(22)23/h2-3,5-6,10H,4,7-9H2,1H3,(H,19,24)(H,22,23). The van der Waals surface area contributed by atoms with Crippen LogP contribution in [0.2, 0.25) is 5.02 Å². The van der Waals surface area contributed by atoms with Crippen LogP contribution in [0.4, 0.5) is 0 Å². The number of carbonyl (C=O) groups is 2. The minimum absolute atomic E-state index is 0.0665. The van der Waals surface area contributed by atoms with Crippen LogP contribution in [0, 0.1) is 6.92 Å². The molecule has 0 aliphatic heterocycles. The topological polar surface area (TPSA) is 84.2 Å². The van der Waals surface area contributed by atoms with E-state index in [1.165, 1.54) is 0 Å². The number of hydrogen-bond acceptors (Lipinski definition) is 3. The molecular weight excluding hydrogens is 330 g/mol. The lowest BCUT2D eigenvalue weighted by atomic mass is 9.74. The van der Waals surface area contributed by atoms with Crippen LogP contribution in [0.25, 0.3) is 5.69 Å². The van der Waals surface area contributed by atoms with Crippen molar-refractivity contribution in [3.63, 3.8) is 0 Å². The number of carbonyl (C=O) groups excluding carboxylic acids is 1. The van der Waals surface area contributed by atoms with Gasteiger partial charge in [0, 0.05) is 11.8 Å². The van der Waals surface area contributed by atoms with Crippen molar-refractivity contribution in [2.75, 3.05) is 0 Å². The summed E-state index contributed by atoms with van der Waals surface area (Å²) in [7, 11) is 0. The molecule has 1 aromatic carbocycles. The van der Waals surface area contributed by atoms with E-state index in [2.05, 4.69) is 10.4 Å². The molecule has 2 N–H and O–H groups in total. The molecule has 0 spiro atoms. The SMILES string of the molecule is Cc1cn(-c2ccccc2Cl)nc1C(=O)NC1(CC(=O)O)CCC1. The Morgan fingerprint density at radius 3 is 2.67 bits per heavy atom. The number of nitrogens with zero attached hydrogens (tertiary/aromatic N) is 2. The molecule has 1 saturated carbocycles. The predicted octanol–water partition coefficient (Wildman–Crippen LogP) is 2.96. The van der Waals surface area contributed by atoms with Crippen molar-refractivity contribution in [1.29, 1.82) is 0 Å². The van der Waals surface area contributed by atoms with Crippen molar-refractivity contribution < 1.29 is 14.7 Å². The third kappa shape index (κ3) is 3.14. The molecule has 1 heterocycles. The van der Waals surface area contributed by atoms with E-state index >= 15 is 0 Å². The Bertz CT molecular complexity index is 796. The van der Waals surface area contributed by atoms with Gasteiger partial charge in [0.15, 0.2) is 5.69 Å². The fourth-order valence-electron chi connectivity index (χ4n) is 2.98. The highest BCUT2D eigenvalue weighted by Gasteiger charge is 2.41. The summed E-state index contributed by atoms with van der Waals surface area (Å²) in [5, 5.41) is 16.8. The largest absolute Gasteiger partial charge is 0.481 e. The highest BCUT2D eigenvalue weighted by molar-refractivity contribution is 6.32. The molecule has 2 aromatic rings. The lowest BCUT2D eigenvalue weighted by molar-refractivity contribution is -0.139. The van der Waals surface area contributed by atoms with Crippen LogP contribution < -0.4 is 5.32 Å². The zero-order valence-electron chi connectivity index (χ0n) is 13.3. The second-order valence-electron chi connectivity index (χ2n) is 6.22. The van der Waals surface area contributed by atoms with Crippen LogP contribution in [-0.4, -0.2) is 32.3 Å².